The summed E-state index contributed by atoms with van der Waals surface area (Å²) < 4.78 is 12.4. The van der Waals surface area contributed by atoms with Crippen molar-refractivity contribution in [1.82, 2.24) is 14.7 Å². The van der Waals surface area contributed by atoms with Crippen LogP contribution in [0.2, 0.25) is 0 Å². The average Bonchev–Trinajstić information content (AvgIpc) is 3.27. The standard InChI is InChI=1S/C18H26N4O3/c1-14-6-10-22(15(13-14)16-5-3-12-25-16)18(23)19-17-7-9-21(20-17)8-4-11-24-2/h3,5,7,9,12,14-15H,4,6,8,10-11,13H2,1-2H3,(H,19,20,23)/t14-,15-/m0/s1. The molecule has 2 aromatic heterocycles. The molecule has 2 atom stereocenters. The van der Waals surface area contributed by atoms with Gasteiger partial charge in [-0.15, -0.1) is 0 Å². The van der Waals surface area contributed by atoms with Crippen LogP contribution in [0, 0.1) is 5.92 Å². The number of amides is 2. The van der Waals surface area contributed by atoms with Crippen molar-refractivity contribution < 1.29 is 13.9 Å². The summed E-state index contributed by atoms with van der Waals surface area (Å²) in [6.07, 6.45) is 6.32. The topological polar surface area (TPSA) is 72.5 Å². The van der Waals surface area contributed by atoms with Crippen molar-refractivity contribution in [2.45, 2.75) is 38.8 Å². The van der Waals surface area contributed by atoms with Gasteiger partial charge in [0, 0.05) is 39.1 Å². The molecule has 1 aliphatic heterocycles. The van der Waals surface area contributed by atoms with Crippen LogP contribution in [0.3, 0.4) is 0 Å². The Labute approximate surface area is 147 Å². The van der Waals surface area contributed by atoms with E-state index in [2.05, 4.69) is 17.3 Å². The number of aryl methyl sites for hydroxylation is 1. The summed E-state index contributed by atoms with van der Waals surface area (Å²) in [7, 11) is 1.68. The van der Waals surface area contributed by atoms with Crippen molar-refractivity contribution in [1.29, 1.82) is 0 Å². The number of likely N-dealkylation sites (tertiary alicyclic amines) is 1. The number of ether oxygens (including phenoxy) is 1. The van der Waals surface area contributed by atoms with Gasteiger partial charge in [-0.2, -0.15) is 5.10 Å². The minimum atomic E-state index is -0.129. The molecule has 1 N–H and O–H groups in total. The van der Waals surface area contributed by atoms with E-state index in [1.54, 1.807) is 13.4 Å². The Hall–Kier alpha value is -2.28. The zero-order chi connectivity index (χ0) is 17.6. The molecular formula is C18H26N4O3. The number of piperidine rings is 1. The fourth-order valence-corrected chi connectivity index (χ4v) is 3.24. The molecule has 0 aliphatic carbocycles. The van der Waals surface area contributed by atoms with Gasteiger partial charge in [-0.25, -0.2) is 4.79 Å². The van der Waals surface area contributed by atoms with E-state index in [4.69, 9.17) is 9.15 Å². The number of carbonyl (C=O) groups is 1. The van der Waals surface area contributed by atoms with Crippen LogP contribution in [-0.2, 0) is 11.3 Å². The first-order valence-corrected chi connectivity index (χ1v) is 8.81. The van der Waals surface area contributed by atoms with Gasteiger partial charge in [-0.3, -0.25) is 10.00 Å². The smallest absolute Gasteiger partial charge is 0.323 e. The number of urea groups is 1. The van der Waals surface area contributed by atoms with Crippen LogP contribution in [0.4, 0.5) is 10.6 Å². The van der Waals surface area contributed by atoms with E-state index in [0.717, 1.165) is 31.6 Å². The molecule has 2 aromatic rings. The molecule has 7 nitrogen and oxygen atoms in total. The van der Waals surface area contributed by atoms with Crippen LogP contribution in [-0.4, -0.2) is 41.0 Å². The lowest BCUT2D eigenvalue weighted by molar-refractivity contribution is 0.129. The zero-order valence-electron chi connectivity index (χ0n) is 14.9. The number of furan rings is 1. The molecule has 0 radical (unpaired) electrons. The molecule has 1 saturated heterocycles. The number of methoxy groups -OCH3 is 1. The highest BCUT2D eigenvalue weighted by Gasteiger charge is 2.33. The predicted octanol–water partition coefficient (Wildman–Crippen LogP) is 3.52. The molecule has 0 unspecified atom stereocenters. The van der Waals surface area contributed by atoms with E-state index in [1.807, 2.05) is 34.0 Å². The Bertz CT molecular complexity index is 668. The maximum Gasteiger partial charge on any atom is 0.323 e. The highest BCUT2D eigenvalue weighted by atomic mass is 16.5. The van der Waals surface area contributed by atoms with Crippen molar-refractivity contribution >= 4 is 11.8 Å². The fraction of sp³-hybridized carbons (Fsp3) is 0.556. The molecule has 7 heteroatoms. The third kappa shape index (κ3) is 4.42. The quantitative estimate of drug-likeness (QED) is 0.812. The second kappa shape index (κ2) is 8.20. The minimum Gasteiger partial charge on any atom is -0.467 e. The van der Waals surface area contributed by atoms with Gasteiger partial charge >= 0.3 is 6.03 Å². The molecule has 1 aliphatic rings. The molecule has 2 amide bonds. The Morgan fingerprint density at radius 1 is 1.48 bits per heavy atom. The first kappa shape index (κ1) is 17.5. The fourth-order valence-electron chi connectivity index (χ4n) is 3.24. The summed E-state index contributed by atoms with van der Waals surface area (Å²) in [5.41, 5.74) is 0. The molecule has 25 heavy (non-hydrogen) atoms. The van der Waals surface area contributed by atoms with Crippen molar-refractivity contribution in [3.8, 4) is 0 Å². The molecule has 0 spiro atoms. The van der Waals surface area contributed by atoms with Crippen LogP contribution in [0.25, 0.3) is 0 Å². The van der Waals surface area contributed by atoms with Crippen molar-refractivity contribution in [2.75, 3.05) is 25.6 Å². The van der Waals surface area contributed by atoms with Crippen molar-refractivity contribution in [3.63, 3.8) is 0 Å². The summed E-state index contributed by atoms with van der Waals surface area (Å²) in [6.45, 7) is 4.39. The van der Waals surface area contributed by atoms with Gasteiger partial charge < -0.3 is 14.1 Å². The van der Waals surface area contributed by atoms with Crippen LogP contribution in [0.5, 0.6) is 0 Å². The third-order valence-corrected chi connectivity index (χ3v) is 4.61. The number of hydrogen-bond donors (Lipinski definition) is 1. The van der Waals surface area contributed by atoms with Crippen LogP contribution in [0.15, 0.2) is 35.1 Å². The van der Waals surface area contributed by atoms with E-state index < -0.39 is 0 Å². The van der Waals surface area contributed by atoms with Gasteiger partial charge in [0.25, 0.3) is 0 Å². The zero-order valence-corrected chi connectivity index (χ0v) is 14.9. The molecule has 3 heterocycles. The van der Waals surface area contributed by atoms with Gasteiger partial charge in [0.2, 0.25) is 0 Å². The molecule has 136 valence electrons. The molecule has 1 fully saturated rings. The lowest BCUT2D eigenvalue weighted by atomic mass is 9.91. The predicted molar refractivity (Wildman–Crippen MR) is 94.3 cm³/mol. The largest absolute Gasteiger partial charge is 0.467 e. The summed E-state index contributed by atoms with van der Waals surface area (Å²) in [5, 5.41) is 7.31. The summed E-state index contributed by atoms with van der Waals surface area (Å²) in [5.74, 6) is 1.98. The maximum atomic E-state index is 12.8. The number of hydrogen-bond acceptors (Lipinski definition) is 4. The number of aromatic nitrogens is 2. The second-order valence-electron chi connectivity index (χ2n) is 6.59. The van der Waals surface area contributed by atoms with E-state index in [-0.39, 0.29) is 12.1 Å². The number of nitrogens with one attached hydrogen (secondary N) is 1. The molecule has 3 rings (SSSR count). The van der Waals surface area contributed by atoms with Gasteiger partial charge in [0.15, 0.2) is 5.82 Å². The summed E-state index contributed by atoms with van der Waals surface area (Å²) in [6, 6.07) is 5.47. The normalized spacial score (nSPS) is 20.6. The number of anilines is 1. The average molecular weight is 346 g/mol. The van der Waals surface area contributed by atoms with E-state index in [1.165, 1.54) is 0 Å². The number of nitrogens with zero attached hydrogens (tertiary/aromatic N) is 3. The third-order valence-electron chi connectivity index (χ3n) is 4.61. The van der Waals surface area contributed by atoms with E-state index in [0.29, 0.717) is 24.9 Å². The van der Waals surface area contributed by atoms with Crippen molar-refractivity contribution in [2.24, 2.45) is 5.92 Å². The van der Waals surface area contributed by atoms with E-state index in [9.17, 15) is 4.79 Å². The van der Waals surface area contributed by atoms with E-state index >= 15 is 0 Å². The lowest BCUT2D eigenvalue weighted by Crippen LogP contribution is -2.42. The van der Waals surface area contributed by atoms with Gasteiger partial charge in [-0.05, 0) is 37.3 Å². The van der Waals surface area contributed by atoms with Crippen LogP contribution < -0.4 is 5.32 Å². The highest BCUT2D eigenvalue weighted by Crippen LogP contribution is 2.34. The van der Waals surface area contributed by atoms with Gasteiger partial charge in [0.05, 0.1) is 12.3 Å². The summed E-state index contributed by atoms with van der Waals surface area (Å²) >= 11 is 0. The first-order chi connectivity index (χ1) is 12.2. The molecule has 0 bridgehead atoms. The molecule has 0 aromatic carbocycles. The Morgan fingerprint density at radius 2 is 2.36 bits per heavy atom. The van der Waals surface area contributed by atoms with Gasteiger partial charge in [0.1, 0.15) is 5.76 Å². The molecular weight excluding hydrogens is 320 g/mol. The van der Waals surface area contributed by atoms with Gasteiger partial charge in [-0.1, -0.05) is 6.92 Å². The van der Waals surface area contributed by atoms with Crippen LogP contribution in [0.1, 0.15) is 38.0 Å². The Balaban J connectivity index is 1.63. The first-order valence-electron chi connectivity index (χ1n) is 8.81. The SMILES string of the molecule is COCCCn1ccc(NC(=O)N2CC[C@H](C)C[C@H]2c2ccco2)n1. The number of carbonyl (C=O) groups excluding carboxylic acids is 1. The second-order valence-corrected chi connectivity index (χ2v) is 6.59. The summed E-state index contributed by atoms with van der Waals surface area (Å²) in [4.78, 5) is 14.6. The molecule has 0 saturated carbocycles. The number of rotatable bonds is 6. The Morgan fingerprint density at radius 3 is 3.12 bits per heavy atom. The van der Waals surface area contributed by atoms with Crippen LogP contribution >= 0.6 is 0 Å². The lowest BCUT2D eigenvalue weighted by Gasteiger charge is -2.37. The minimum absolute atomic E-state index is 0.0254. The van der Waals surface area contributed by atoms with Crippen molar-refractivity contribution in [3.05, 3.63) is 36.4 Å². The monoisotopic (exact) mass is 346 g/mol. The maximum absolute atomic E-state index is 12.8. The highest BCUT2D eigenvalue weighted by molar-refractivity contribution is 5.88. The Kier molecular flexibility index (Phi) is 5.75.